The molecule has 0 aliphatic rings. The predicted molar refractivity (Wildman–Crippen MR) is 103 cm³/mol. The number of thiophene rings is 1. The molecule has 2 rings (SSSR count). The van der Waals surface area contributed by atoms with Crippen LogP contribution in [0.4, 0.5) is 0 Å². The van der Waals surface area contributed by atoms with Gasteiger partial charge >= 0.3 is 0 Å². The van der Waals surface area contributed by atoms with Gasteiger partial charge in [-0.2, -0.15) is 0 Å². The Bertz CT molecular complexity index is 784. The SMILES string of the molecule is CCN(C(=O)CSCc1cc(-c2cccs2)on1)C(C)CS(C)(=O)=O. The normalized spacial score (nSPS) is 12.9. The molecule has 0 saturated carbocycles. The molecule has 0 spiro atoms. The van der Waals surface area contributed by atoms with Crippen molar-refractivity contribution in [3.8, 4) is 10.6 Å². The Balaban J connectivity index is 1.84. The zero-order chi connectivity index (χ0) is 18.4. The van der Waals surface area contributed by atoms with Crippen molar-refractivity contribution in [2.24, 2.45) is 0 Å². The lowest BCUT2D eigenvalue weighted by molar-refractivity contribution is -0.129. The van der Waals surface area contributed by atoms with E-state index in [1.165, 1.54) is 18.0 Å². The van der Waals surface area contributed by atoms with Gasteiger partial charge in [-0.05, 0) is 25.3 Å². The summed E-state index contributed by atoms with van der Waals surface area (Å²) in [6.07, 6.45) is 1.19. The highest BCUT2D eigenvalue weighted by molar-refractivity contribution is 7.99. The van der Waals surface area contributed by atoms with E-state index in [-0.39, 0.29) is 23.5 Å². The van der Waals surface area contributed by atoms with Crippen LogP contribution in [-0.2, 0) is 20.4 Å². The lowest BCUT2D eigenvalue weighted by Crippen LogP contribution is -2.43. The van der Waals surface area contributed by atoms with E-state index in [1.807, 2.05) is 30.5 Å². The Labute approximate surface area is 156 Å². The number of rotatable bonds is 9. The van der Waals surface area contributed by atoms with Gasteiger partial charge in [0.15, 0.2) is 5.76 Å². The predicted octanol–water partition coefficient (Wildman–Crippen LogP) is 2.92. The summed E-state index contributed by atoms with van der Waals surface area (Å²) in [5, 5.41) is 6.00. The number of amides is 1. The summed E-state index contributed by atoms with van der Waals surface area (Å²) in [6.45, 7) is 4.10. The molecular formula is C16H22N2O4S3. The van der Waals surface area contributed by atoms with Crippen LogP contribution >= 0.6 is 23.1 Å². The smallest absolute Gasteiger partial charge is 0.232 e. The third-order valence-corrected chi connectivity index (χ3v) is 6.46. The highest BCUT2D eigenvalue weighted by Crippen LogP contribution is 2.26. The summed E-state index contributed by atoms with van der Waals surface area (Å²) in [5.41, 5.74) is 0.786. The Hall–Kier alpha value is -1.32. The molecule has 1 atom stereocenters. The molecule has 0 aromatic carbocycles. The average Bonchev–Trinajstić information content (AvgIpc) is 3.17. The first-order valence-corrected chi connectivity index (χ1v) is 11.9. The van der Waals surface area contributed by atoms with E-state index in [2.05, 4.69) is 5.16 Å². The standard InChI is InChI=1S/C16H22N2O4S3/c1-4-18(12(2)11-25(3,20)21)16(19)10-23-9-13-8-14(22-17-13)15-6-5-7-24-15/h5-8,12H,4,9-11H2,1-3H3. The van der Waals surface area contributed by atoms with Crippen molar-refractivity contribution in [3.05, 3.63) is 29.3 Å². The van der Waals surface area contributed by atoms with Crippen LogP contribution in [-0.4, -0.2) is 54.7 Å². The first-order chi connectivity index (χ1) is 11.8. The largest absolute Gasteiger partial charge is 0.355 e. The van der Waals surface area contributed by atoms with Gasteiger partial charge in [-0.3, -0.25) is 4.79 Å². The van der Waals surface area contributed by atoms with Gasteiger partial charge in [0.05, 0.1) is 22.1 Å². The first kappa shape index (κ1) is 20.0. The van der Waals surface area contributed by atoms with Gasteiger partial charge in [0.2, 0.25) is 5.91 Å². The van der Waals surface area contributed by atoms with Crippen LogP contribution in [0.15, 0.2) is 28.1 Å². The highest BCUT2D eigenvalue weighted by atomic mass is 32.2. The molecule has 0 bridgehead atoms. The summed E-state index contributed by atoms with van der Waals surface area (Å²) < 4.78 is 28.2. The number of sulfone groups is 1. The molecule has 138 valence electrons. The summed E-state index contributed by atoms with van der Waals surface area (Å²) in [4.78, 5) is 15.0. The lowest BCUT2D eigenvalue weighted by atomic mass is 10.3. The van der Waals surface area contributed by atoms with E-state index in [9.17, 15) is 13.2 Å². The maximum atomic E-state index is 12.4. The van der Waals surface area contributed by atoms with E-state index in [0.717, 1.165) is 16.3 Å². The topological polar surface area (TPSA) is 80.5 Å². The van der Waals surface area contributed by atoms with Crippen LogP contribution in [0.5, 0.6) is 0 Å². The van der Waals surface area contributed by atoms with Crippen molar-refractivity contribution < 1.29 is 17.7 Å². The van der Waals surface area contributed by atoms with Gasteiger partial charge in [-0.15, -0.1) is 23.1 Å². The second kappa shape index (κ2) is 8.86. The van der Waals surface area contributed by atoms with Crippen LogP contribution in [0.3, 0.4) is 0 Å². The van der Waals surface area contributed by atoms with E-state index in [0.29, 0.717) is 12.3 Å². The number of thioether (sulfide) groups is 1. The molecule has 25 heavy (non-hydrogen) atoms. The number of carbonyl (C=O) groups is 1. The molecule has 0 fully saturated rings. The number of hydrogen-bond donors (Lipinski definition) is 0. The fraction of sp³-hybridized carbons (Fsp3) is 0.500. The van der Waals surface area contributed by atoms with Crippen LogP contribution in [0.25, 0.3) is 10.6 Å². The maximum absolute atomic E-state index is 12.4. The molecule has 1 amide bonds. The van der Waals surface area contributed by atoms with Gasteiger partial charge in [-0.25, -0.2) is 8.42 Å². The van der Waals surface area contributed by atoms with E-state index < -0.39 is 9.84 Å². The average molecular weight is 403 g/mol. The van der Waals surface area contributed by atoms with Crippen molar-refractivity contribution in [3.63, 3.8) is 0 Å². The quantitative estimate of drug-likeness (QED) is 0.641. The minimum absolute atomic E-state index is 0.0231. The minimum atomic E-state index is -3.12. The molecule has 0 aliphatic carbocycles. The molecule has 2 aromatic heterocycles. The van der Waals surface area contributed by atoms with Crippen LogP contribution < -0.4 is 0 Å². The zero-order valence-corrected chi connectivity index (χ0v) is 16.9. The van der Waals surface area contributed by atoms with Gasteiger partial charge in [0.25, 0.3) is 0 Å². The van der Waals surface area contributed by atoms with Gasteiger partial charge < -0.3 is 9.42 Å². The third-order valence-electron chi connectivity index (χ3n) is 3.54. The summed E-state index contributed by atoms with van der Waals surface area (Å²) >= 11 is 3.03. The second-order valence-corrected chi connectivity index (χ2v) is 9.89. The molecule has 0 radical (unpaired) electrons. The molecule has 2 aromatic rings. The van der Waals surface area contributed by atoms with E-state index in [4.69, 9.17) is 4.52 Å². The first-order valence-electron chi connectivity index (χ1n) is 7.84. The minimum Gasteiger partial charge on any atom is -0.355 e. The number of nitrogens with zero attached hydrogens (tertiary/aromatic N) is 2. The molecule has 1 unspecified atom stereocenters. The number of carbonyl (C=O) groups excluding carboxylic acids is 1. The Morgan fingerprint density at radius 3 is 2.84 bits per heavy atom. The third kappa shape index (κ3) is 6.16. The van der Waals surface area contributed by atoms with Crippen molar-refractivity contribution in [1.82, 2.24) is 10.1 Å². The van der Waals surface area contributed by atoms with Crippen LogP contribution in [0.2, 0.25) is 0 Å². The van der Waals surface area contributed by atoms with Crippen molar-refractivity contribution in [1.29, 1.82) is 0 Å². The zero-order valence-electron chi connectivity index (χ0n) is 14.5. The van der Waals surface area contributed by atoms with Crippen molar-refractivity contribution in [2.45, 2.75) is 25.6 Å². The maximum Gasteiger partial charge on any atom is 0.232 e. The molecule has 0 aliphatic heterocycles. The summed E-state index contributed by atoms with van der Waals surface area (Å²) in [7, 11) is -3.12. The second-order valence-electron chi connectivity index (χ2n) is 5.77. The lowest BCUT2D eigenvalue weighted by Gasteiger charge is -2.27. The molecular weight excluding hydrogens is 380 g/mol. The monoisotopic (exact) mass is 402 g/mol. The Morgan fingerprint density at radius 1 is 1.48 bits per heavy atom. The molecule has 9 heteroatoms. The van der Waals surface area contributed by atoms with Gasteiger partial charge in [-0.1, -0.05) is 11.2 Å². The summed E-state index contributed by atoms with van der Waals surface area (Å²) in [6, 6.07) is 5.47. The number of aromatic nitrogens is 1. The van der Waals surface area contributed by atoms with E-state index in [1.54, 1.807) is 23.2 Å². The van der Waals surface area contributed by atoms with Gasteiger partial charge in [0, 0.05) is 30.7 Å². The fourth-order valence-corrected chi connectivity index (χ4v) is 5.02. The highest BCUT2D eigenvalue weighted by Gasteiger charge is 2.21. The number of hydrogen-bond acceptors (Lipinski definition) is 7. The molecule has 0 saturated heterocycles. The Kier molecular flexibility index (Phi) is 7.09. The summed E-state index contributed by atoms with van der Waals surface area (Å²) in [5.74, 6) is 1.49. The van der Waals surface area contributed by atoms with Crippen molar-refractivity contribution in [2.75, 3.05) is 24.3 Å². The van der Waals surface area contributed by atoms with Gasteiger partial charge in [0.1, 0.15) is 9.84 Å². The van der Waals surface area contributed by atoms with Crippen molar-refractivity contribution >= 4 is 38.8 Å². The molecule has 0 N–H and O–H groups in total. The van der Waals surface area contributed by atoms with Crippen LogP contribution in [0.1, 0.15) is 19.5 Å². The Morgan fingerprint density at radius 2 is 2.24 bits per heavy atom. The molecule has 2 heterocycles. The molecule has 6 nitrogen and oxygen atoms in total. The van der Waals surface area contributed by atoms with E-state index >= 15 is 0 Å². The fourth-order valence-electron chi connectivity index (χ4n) is 2.50. The van der Waals surface area contributed by atoms with Crippen LogP contribution in [0, 0.1) is 0 Å².